The summed E-state index contributed by atoms with van der Waals surface area (Å²) < 4.78 is 0. The highest BCUT2D eigenvalue weighted by Gasteiger charge is 2.12. The number of carbonyl (C=O) groups excluding carboxylic acids is 2. The van der Waals surface area contributed by atoms with Crippen LogP contribution in [0.4, 0.5) is 11.4 Å². The molecule has 2 aromatic carbocycles. The van der Waals surface area contributed by atoms with E-state index in [0.717, 1.165) is 0 Å². The van der Waals surface area contributed by atoms with Crippen LogP contribution in [0.5, 0.6) is 0 Å². The van der Waals surface area contributed by atoms with Crippen molar-refractivity contribution in [3.63, 3.8) is 0 Å². The Labute approximate surface area is 166 Å². The van der Waals surface area contributed by atoms with E-state index in [-0.39, 0.29) is 18.2 Å². The highest BCUT2D eigenvalue weighted by molar-refractivity contribution is 6.34. The topological polar surface area (TPSA) is 71.1 Å². The van der Waals surface area contributed by atoms with Crippen molar-refractivity contribution in [2.24, 2.45) is 0 Å². The molecule has 0 radical (unpaired) electrons. The van der Waals surface area contributed by atoms with Crippen LogP contribution < -0.4 is 10.6 Å². The normalized spacial score (nSPS) is 10.3. The van der Waals surface area contributed by atoms with Crippen molar-refractivity contribution < 1.29 is 9.59 Å². The zero-order valence-electron chi connectivity index (χ0n) is 14.1. The number of rotatable bonds is 5. The molecule has 0 aliphatic rings. The molecular formula is C20H15Cl2N3O2. The molecule has 0 fully saturated rings. The van der Waals surface area contributed by atoms with Crippen LogP contribution in [0.1, 0.15) is 15.9 Å². The lowest BCUT2D eigenvalue weighted by atomic mass is 10.1. The molecule has 1 aromatic heterocycles. The van der Waals surface area contributed by atoms with E-state index in [2.05, 4.69) is 15.6 Å². The first-order valence-electron chi connectivity index (χ1n) is 8.07. The fourth-order valence-electron chi connectivity index (χ4n) is 2.38. The molecule has 0 spiro atoms. The number of anilines is 2. The maximum atomic E-state index is 12.4. The zero-order valence-corrected chi connectivity index (χ0v) is 15.6. The Bertz CT molecular complexity index is 961. The van der Waals surface area contributed by atoms with Crippen LogP contribution in [0, 0.1) is 0 Å². The molecule has 7 heteroatoms. The molecule has 2 N–H and O–H groups in total. The third-order valence-electron chi connectivity index (χ3n) is 3.69. The number of benzene rings is 2. The second kappa shape index (κ2) is 8.66. The first kappa shape index (κ1) is 18.9. The Morgan fingerprint density at radius 1 is 0.926 bits per heavy atom. The van der Waals surface area contributed by atoms with Gasteiger partial charge < -0.3 is 10.6 Å². The van der Waals surface area contributed by atoms with Gasteiger partial charge in [0, 0.05) is 17.4 Å². The second-order valence-electron chi connectivity index (χ2n) is 5.73. The largest absolute Gasteiger partial charge is 0.324 e. The van der Waals surface area contributed by atoms with Gasteiger partial charge in [-0.15, -0.1) is 0 Å². The van der Waals surface area contributed by atoms with E-state index in [0.29, 0.717) is 32.7 Å². The van der Waals surface area contributed by atoms with Gasteiger partial charge in [0.1, 0.15) is 5.15 Å². The van der Waals surface area contributed by atoms with Crippen molar-refractivity contribution in [2.45, 2.75) is 6.42 Å². The van der Waals surface area contributed by atoms with Crippen molar-refractivity contribution in [2.75, 3.05) is 10.6 Å². The number of pyridine rings is 1. The van der Waals surface area contributed by atoms with Gasteiger partial charge in [0.2, 0.25) is 5.91 Å². The molecule has 0 aliphatic heterocycles. The maximum absolute atomic E-state index is 12.4. The van der Waals surface area contributed by atoms with Crippen molar-refractivity contribution >= 4 is 46.4 Å². The zero-order chi connectivity index (χ0) is 19.2. The number of hydrogen-bond acceptors (Lipinski definition) is 3. The highest BCUT2D eigenvalue weighted by Crippen LogP contribution is 2.24. The summed E-state index contributed by atoms with van der Waals surface area (Å²) in [5, 5.41) is 6.21. The Balaban J connectivity index is 1.70. The summed E-state index contributed by atoms with van der Waals surface area (Å²) in [6.45, 7) is 0. The highest BCUT2D eigenvalue weighted by atomic mass is 35.5. The molecule has 2 amide bonds. The summed E-state index contributed by atoms with van der Waals surface area (Å²) in [7, 11) is 0. The predicted octanol–water partition coefficient (Wildman–Crippen LogP) is 4.82. The summed E-state index contributed by atoms with van der Waals surface area (Å²) in [6, 6.07) is 17.1. The van der Waals surface area contributed by atoms with Crippen molar-refractivity contribution in [1.82, 2.24) is 4.98 Å². The SMILES string of the molecule is O=C(Cc1ccc(Cl)nc1)Nc1cc(C(=O)Nc2ccccc2)ccc1Cl. The molecule has 0 unspecified atom stereocenters. The summed E-state index contributed by atoms with van der Waals surface area (Å²) in [5.41, 5.74) is 2.14. The minimum atomic E-state index is -0.296. The predicted molar refractivity (Wildman–Crippen MR) is 107 cm³/mol. The maximum Gasteiger partial charge on any atom is 0.255 e. The molecule has 0 bridgehead atoms. The molecule has 1 heterocycles. The summed E-state index contributed by atoms with van der Waals surface area (Å²) in [4.78, 5) is 28.6. The third-order valence-corrected chi connectivity index (χ3v) is 4.24. The van der Waals surface area contributed by atoms with E-state index in [1.807, 2.05) is 18.2 Å². The molecule has 0 saturated carbocycles. The minimum absolute atomic E-state index is 0.112. The average molecular weight is 400 g/mol. The summed E-state index contributed by atoms with van der Waals surface area (Å²) >= 11 is 11.9. The number of carbonyl (C=O) groups is 2. The van der Waals surface area contributed by atoms with Crippen LogP contribution in [0.25, 0.3) is 0 Å². The first-order valence-corrected chi connectivity index (χ1v) is 8.83. The van der Waals surface area contributed by atoms with Gasteiger partial charge in [0.25, 0.3) is 5.91 Å². The van der Waals surface area contributed by atoms with Crippen LogP contribution >= 0.6 is 23.2 Å². The Kier molecular flexibility index (Phi) is 6.06. The van der Waals surface area contributed by atoms with Crippen LogP contribution in [0.15, 0.2) is 66.9 Å². The molecule has 136 valence electrons. The van der Waals surface area contributed by atoms with E-state index < -0.39 is 0 Å². The second-order valence-corrected chi connectivity index (χ2v) is 6.52. The van der Waals surface area contributed by atoms with E-state index in [1.54, 1.807) is 42.5 Å². The molecule has 0 saturated heterocycles. The lowest BCUT2D eigenvalue weighted by Gasteiger charge is -2.10. The molecule has 27 heavy (non-hydrogen) atoms. The monoisotopic (exact) mass is 399 g/mol. The van der Waals surface area contributed by atoms with Gasteiger partial charge in [-0.05, 0) is 42.0 Å². The molecule has 0 atom stereocenters. The number of nitrogens with one attached hydrogen (secondary N) is 2. The van der Waals surface area contributed by atoms with Gasteiger partial charge in [-0.3, -0.25) is 9.59 Å². The molecule has 3 rings (SSSR count). The van der Waals surface area contributed by atoms with Crippen molar-refractivity contribution in [1.29, 1.82) is 0 Å². The van der Waals surface area contributed by atoms with Crippen LogP contribution in [-0.4, -0.2) is 16.8 Å². The van der Waals surface area contributed by atoms with Gasteiger partial charge in [-0.2, -0.15) is 0 Å². The van der Waals surface area contributed by atoms with Crippen LogP contribution in [0.3, 0.4) is 0 Å². The van der Waals surface area contributed by atoms with E-state index in [1.165, 1.54) is 6.20 Å². The number of hydrogen-bond donors (Lipinski definition) is 2. The summed E-state index contributed by atoms with van der Waals surface area (Å²) in [5.74, 6) is -0.572. The van der Waals surface area contributed by atoms with Crippen LogP contribution in [-0.2, 0) is 11.2 Å². The minimum Gasteiger partial charge on any atom is -0.324 e. The van der Waals surface area contributed by atoms with Crippen molar-refractivity contribution in [3.8, 4) is 0 Å². The standard InChI is InChI=1S/C20H15Cl2N3O2/c21-16-8-7-14(20(27)24-15-4-2-1-3-5-15)11-17(16)25-19(26)10-13-6-9-18(22)23-12-13/h1-9,11-12H,10H2,(H,24,27)(H,25,26). The Morgan fingerprint density at radius 2 is 1.70 bits per heavy atom. The first-order chi connectivity index (χ1) is 13.0. The van der Waals surface area contributed by atoms with Gasteiger partial charge in [0.05, 0.1) is 17.1 Å². The fourth-order valence-corrected chi connectivity index (χ4v) is 2.65. The molecule has 3 aromatic rings. The number of nitrogens with zero attached hydrogens (tertiary/aromatic N) is 1. The lowest BCUT2D eigenvalue weighted by Crippen LogP contribution is -2.16. The average Bonchev–Trinajstić information content (AvgIpc) is 2.66. The van der Waals surface area contributed by atoms with Gasteiger partial charge in [-0.25, -0.2) is 4.98 Å². The van der Waals surface area contributed by atoms with E-state index in [9.17, 15) is 9.59 Å². The lowest BCUT2D eigenvalue weighted by molar-refractivity contribution is -0.115. The van der Waals surface area contributed by atoms with E-state index >= 15 is 0 Å². The molecule has 5 nitrogen and oxygen atoms in total. The number of para-hydroxylation sites is 1. The summed E-state index contributed by atoms with van der Waals surface area (Å²) in [6.07, 6.45) is 1.65. The number of aromatic nitrogens is 1. The van der Waals surface area contributed by atoms with Gasteiger partial charge in [0.15, 0.2) is 0 Å². The van der Waals surface area contributed by atoms with Crippen molar-refractivity contribution in [3.05, 3.63) is 88.2 Å². The quantitative estimate of drug-likeness (QED) is 0.603. The molecule has 0 aliphatic carbocycles. The fraction of sp³-hybridized carbons (Fsp3) is 0.0500. The van der Waals surface area contributed by atoms with Gasteiger partial charge in [-0.1, -0.05) is 47.5 Å². The van der Waals surface area contributed by atoms with Gasteiger partial charge >= 0.3 is 0 Å². The Hall–Kier alpha value is -2.89. The van der Waals surface area contributed by atoms with Crippen LogP contribution in [0.2, 0.25) is 10.2 Å². The number of halogens is 2. The molecular weight excluding hydrogens is 385 g/mol. The third kappa shape index (κ3) is 5.29. The van der Waals surface area contributed by atoms with E-state index in [4.69, 9.17) is 23.2 Å². The smallest absolute Gasteiger partial charge is 0.255 e. The Morgan fingerprint density at radius 3 is 2.41 bits per heavy atom. The number of amides is 2.